The van der Waals surface area contributed by atoms with Crippen molar-refractivity contribution in [3.8, 4) is 0 Å². The summed E-state index contributed by atoms with van der Waals surface area (Å²) in [6.45, 7) is 4.74. The molecule has 0 amide bonds. The van der Waals surface area contributed by atoms with Crippen molar-refractivity contribution in [1.29, 1.82) is 0 Å². The molecule has 2 aromatic heterocycles. The van der Waals surface area contributed by atoms with E-state index in [2.05, 4.69) is 20.0 Å². The van der Waals surface area contributed by atoms with Gasteiger partial charge in [0.15, 0.2) is 0 Å². The first-order valence-corrected chi connectivity index (χ1v) is 8.01. The SMILES string of the molecule is Cc1nc(C)n(C[C@H]2CCCN2Cc2nccn2CC(F)(F)F)n1. The molecule has 0 bridgehead atoms. The van der Waals surface area contributed by atoms with Gasteiger partial charge in [0.2, 0.25) is 0 Å². The van der Waals surface area contributed by atoms with Crippen LogP contribution in [0.25, 0.3) is 0 Å². The highest BCUT2D eigenvalue weighted by Crippen LogP contribution is 2.23. The fourth-order valence-electron chi connectivity index (χ4n) is 3.25. The Morgan fingerprint density at radius 2 is 2.08 bits per heavy atom. The van der Waals surface area contributed by atoms with Gasteiger partial charge in [-0.15, -0.1) is 0 Å². The third-order valence-corrected chi connectivity index (χ3v) is 4.34. The first-order chi connectivity index (χ1) is 11.3. The fraction of sp³-hybridized carbons (Fsp3) is 0.667. The molecule has 0 spiro atoms. The predicted molar refractivity (Wildman–Crippen MR) is 81.2 cm³/mol. The van der Waals surface area contributed by atoms with Gasteiger partial charge in [0.1, 0.15) is 24.0 Å². The summed E-state index contributed by atoms with van der Waals surface area (Å²) in [5.41, 5.74) is 0. The summed E-state index contributed by atoms with van der Waals surface area (Å²) in [6.07, 6.45) is 0.598. The highest BCUT2D eigenvalue weighted by molar-refractivity contribution is 4.96. The van der Waals surface area contributed by atoms with E-state index in [1.54, 1.807) is 0 Å². The highest BCUT2D eigenvalue weighted by Gasteiger charge is 2.31. The summed E-state index contributed by atoms with van der Waals surface area (Å²) >= 11 is 0. The van der Waals surface area contributed by atoms with Gasteiger partial charge in [-0.05, 0) is 33.2 Å². The van der Waals surface area contributed by atoms with E-state index >= 15 is 0 Å². The topological polar surface area (TPSA) is 51.8 Å². The molecule has 1 aliphatic heterocycles. The zero-order valence-corrected chi connectivity index (χ0v) is 13.8. The lowest BCUT2D eigenvalue weighted by molar-refractivity contribution is -0.141. The van der Waals surface area contributed by atoms with Crippen molar-refractivity contribution in [3.05, 3.63) is 29.9 Å². The molecule has 9 heteroatoms. The molecule has 6 nitrogen and oxygen atoms in total. The lowest BCUT2D eigenvalue weighted by Gasteiger charge is -2.24. The van der Waals surface area contributed by atoms with E-state index in [-0.39, 0.29) is 6.04 Å². The zero-order valence-electron chi connectivity index (χ0n) is 13.8. The number of nitrogens with zero attached hydrogens (tertiary/aromatic N) is 6. The molecule has 3 rings (SSSR count). The molecule has 3 heterocycles. The minimum Gasteiger partial charge on any atom is -0.325 e. The van der Waals surface area contributed by atoms with Gasteiger partial charge in [-0.1, -0.05) is 0 Å². The molecular formula is C15H21F3N6. The Morgan fingerprint density at radius 3 is 2.75 bits per heavy atom. The number of hydrogen-bond donors (Lipinski definition) is 0. The van der Waals surface area contributed by atoms with Gasteiger partial charge in [0, 0.05) is 18.4 Å². The van der Waals surface area contributed by atoms with Gasteiger partial charge in [-0.2, -0.15) is 18.3 Å². The van der Waals surface area contributed by atoms with Crippen molar-refractivity contribution in [2.75, 3.05) is 6.54 Å². The molecule has 0 aromatic carbocycles. The summed E-state index contributed by atoms with van der Waals surface area (Å²) in [4.78, 5) is 10.6. The number of aromatic nitrogens is 5. The number of aryl methyl sites for hydroxylation is 2. The van der Waals surface area contributed by atoms with Crippen molar-refractivity contribution in [3.63, 3.8) is 0 Å². The molecule has 24 heavy (non-hydrogen) atoms. The van der Waals surface area contributed by atoms with E-state index in [4.69, 9.17) is 0 Å². The summed E-state index contributed by atoms with van der Waals surface area (Å²) < 4.78 is 41.0. The molecule has 132 valence electrons. The molecule has 0 aliphatic carbocycles. The predicted octanol–water partition coefficient (Wildman–Crippen LogP) is 2.32. The van der Waals surface area contributed by atoms with Crippen molar-refractivity contribution in [2.45, 2.75) is 58.5 Å². The molecule has 1 atom stereocenters. The number of imidazole rings is 1. The molecule has 1 aliphatic rings. The Labute approximate surface area is 138 Å². The summed E-state index contributed by atoms with van der Waals surface area (Å²) in [5, 5.41) is 4.38. The van der Waals surface area contributed by atoms with Gasteiger partial charge < -0.3 is 4.57 Å². The average molecular weight is 342 g/mol. The summed E-state index contributed by atoms with van der Waals surface area (Å²) in [5.74, 6) is 2.04. The zero-order chi connectivity index (χ0) is 17.3. The van der Waals surface area contributed by atoms with E-state index in [9.17, 15) is 13.2 Å². The maximum Gasteiger partial charge on any atom is 0.406 e. The van der Waals surface area contributed by atoms with Crippen LogP contribution in [0, 0.1) is 13.8 Å². The van der Waals surface area contributed by atoms with Crippen LogP contribution >= 0.6 is 0 Å². The van der Waals surface area contributed by atoms with Gasteiger partial charge in [-0.25, -0.2) is 14.6 Å². The molecule has 0 unspecified atom stereocenters. The van der Waals surface area contributed by atoms with Gasteiger partial charge >= 0.3 is 6.18 Å². The number of hydrogen-bond acceptors (Lipinski definition) is 4. The number of alkyl halides is 3. The summed E-state index contributed by atoms with van der Waals surface area (Å²) in [7, 11) is 0. The third-order valence-electron chi connectivity index (χ3n) is 4.34. The highest BCUT2D eigenvalue weighted by atomic mass is 19.4. The molecular weight excluding hydrogens is 321 g/mol. The number of likely N-dealkylation sites (tertiary alicyclic amines) is 1. The minimum absolute atomic E-state index is 0.237. The molecule has 2 aromatic rings. The van der Waals surface area contributed by atoms with Crippen molar-refractivity contribution < 1.29 is 13.2 Å². The van der Waals surface area contributed by atoms with Gasteiger partial charge in [0.05, 0.1) is 13.1 Å². The van der Waals surface area contributed by atoms with Crippen molar-refractivity contribution in [1.82, 2.24) is 29.2 Å². The molecule has 0 N–H and O–H groups in total. The molecule has 0 saturated carbocycles. The lowest BCUT2D eigenvalue weighted by Crippen LogP contribution is -2.34. The average Bonchev–Trinajstić information content (AvgIpc) is 3.14. The molecule has 1 fully saturated rings. The Morgan fingerprint density at radius 1 is 1.29 bits per heavy atom. The Bertz CT molecular complexity index is 690. The number of halogens is 3. The second-order valence-corrected chi connectivity index (χ2v) is 6.24. The minimum atomic E-state index is -4.24. The van der Waals surface area contributed by atoms with Crippen LogP contribution in [-0.4, -0.2) is 48.0 Å². The van der Waals surface area contributed by atoms with Gasteiger partial charge in [0.25, 0.3) is 0 Å². The first kappa shape index (κ1) is 16.9. The van der Waals surface area contributed by atoms with Crippen LogP contribution < -0.4 is 0 Å². The maximum atomic E-state index is 12.6. The quantitative estimate of drug-likeness (QED) is 0.837. The normalized spacial score (nSPS) is 19.3. The first-order valence-electron chi connectivity index (χ1n) is 8.01. The largest absolute Gasteiger partial charge is 0.406 e. The van der Waals surface area contributed by atoms with Crippen molar-refractivity contribution in [2.24, 2.45) is 0 Å². The van der Waals surface area contributed by atoms with Crippen LogP contribution in [0.15, 0.2) is 12.4 Å². The van der Waals surface area contributed by atoms with Crippen LogP contribution in [0.1, 0.15) is 30.3 Å². The molecule has 0 radical (unpaired) electrons. The van der Waals surface area contributed by atoms with E-state index in [0.717, 1.165) is 31.0 Å². The van der Waals surface area contributed by atoms with E-state index in [0.29, 0.717) is 18.9 Å². The Balaban J connectivity index is 1.68. The van der Waals surface area contributed by atoms with Crippen LogP contribution in [-0.2, 0) is 19.6 Å². The standard InChI is InChI=1S/C15H21F3N6/c1-11-20-12(2)24(21-11)8-13-4-3-6-22(13)9-14-19-5-7-23(14)10-15(16,17)18/h5,7,13H,3-4,6,8-10H2,1-2H3/t13-/m1/s1. The smallest absolute Gasteiger partial charge is 0.325 e. The van der Waals surface area contributed by atoms with Crippen LogP contribution in [0.5, 0.6) is 0 Å². The van der Waals surface area contributed by atoms with Gasteiger partial charge in [-0.3, -0.25) is 4.90 Å². The Kier molecular flexibility index (Phi) is 4.62. The monoisotopic (exact) mass is 342 g/mol. The third kappa shape index (κ3) is 3.95. The molecule has 1 saturated heterocycles. The second kappa shape index (κ2) is 6.54. The van der Waals surface area contributed by atoms with Crippen LogP contribution in [0.2, 0.25) is 0 Å². The fourth-order valence-corrected chi connectivity index (χ4v) is 3.25. The van der Waals surface area contributed by atoms with Crippen molar-refractivity contribution >= 4 is 0 Å². The van der Waals surface area contributed by atoms with E-state index in [1.807, 2.05) is 18.5 Å². The Hall–Kier alpha value is -1.90. The van der Waals surface area contributed by atoms with Crippen LogP contribution in [0.3, 0.4) is 0 Å². The van der Waals surface area contributed by atoms with E-state index in [1.165, 1.54) is 17.0 Å². The van der Waals surface area contributed by atoms with E-state index < -0.39 is 12.7 Å². The lowest BCUT2D eigenvalue weighted by atomic mass is 10.2. The number of rotatable bonds is 5. The second-order valence-electron chi connectivity index (χ2n) is 6.24. The maximum absolute atomic E-state index is 12.6. The summed E-state index contributed by atoms with van der Waals surface area (Å²) in [6, 6.07) is 0.237. The van der Waals surface area contributed by atoms with Crippen LogP contribution in [0.4, 0.5) is 13.2 Å².